The van der Waals surface area contributed by atoms with Gasteiger partial charge in [0.2, 0.25) is 0 Å². The summed E-state index contributed by atoms with van der Waals surface area (Å²) < 4.78 is 11.1. The summed E-state index contributed by atoms with van der Waals surface area (Å²) in [5, 5.41) is 8.98. The first kappa shape index (κ1) is 15.1. The van der Waals surface area contributed by atoms with E-state index in [-0.39, 0.29) is 5.56 Å². The van der Waals surface area contributed by atoms with Gasteiger partial charge < -0.3 is 14.6 Å². The summed E-state index contributed by atoms with van der Waals surface area (Å²) in [6.45, 7) is 1.08. The van der Waals surface area contributed by atoms with E-state index in [4.69, 9.17) is 14.6 Å². The van der Waals surface area contributed by atoms with E-state index in [1.54, 1.807) is 18.3 Å². The molecular formula is C19H14N2O4. The maximum absolute atomic E-state index is 11.0. The highest BCUT2D eigenvalue weighted by Gasteiger charge is 2.13. The lowest BCUT2D eigenvalue weighted by Gasteiger charge is -2.18. The molecule has 2 heterocycles. The molecule has 0 aliphatic carbocycles. The molecule has 0 radical (unpaired) electrons. The van der Waals surface area contributed by atoms with Crippen LogP contribution in [-0.4, -0.2) is 34.3 Å². The van der Waals surface area contributed by atoms with Crippen molar-refractivity contribution in [3.63, 3.8) is 0 Å². The molecule has 0 saturated carbocycles. The van der Waals surface area contributed by atoms with E-state index < -0.39 is 5.97 Å². The fourth-order valence-electron chi connectivity index (χ4n) is 2.62. The highest BCUT2D eigenvalue weighted by atomic mass is 16.6. The molecule has 2 aromatic carbocycles. The zero-order chi connectivity index (χ0) is 17.2. The molecule has 6 heteroatoms. The fraction of sp³-hybridized carbons (Fsp3) is 0.105. The number of nitrogens with zero attached hydrogens (tertiary/aromatic N) is 2. The van der Waals surface area contributed by atoms with Crippen molar-refractivity contribution in [3.05, 3.63) is 60.3 Å². The molecule has 1 aliphatic heterocycles. The quantitative estimate of drug-likeness (QED) is 0.791. The van der Waals surface area contributed by atoms with Crippen molar-refractivity contribution < 1.29 is 19.4 Å². The second-order valence-corrected chi connectivity index (χ2v) is 5.51. The van der Waals surface area contributed by atoms with Gasteiger partial charge in [0.25, 0.3) is 0 Å². The van der Waals surface area contributed by atoms with Crippen molar-refractivity contribution in [2.24, 2.45) is 0 Å². The largest absolute Gasteiger partial charge is 0.486 e. The Labute approximate surface area is 143 Å². The van der Waals surface area contributed by atoms with Crippen LogP contribution in [0.3, 0.4) is 0 Å². The van der Waals surface area contributed by atoms with Gasteiger partial charge in [-0.1, -0.05) is 12.1 Å². The van der Waals surface area contributed by atoms with Crippen LogP contribution in [0.5, 0.6) is 11.5 Å². The summed E-state index contributed by atoms with van der Waals surface area (Å²) in [5.41, 5.74) is 2.63. The van der Waals surface area contributed by atoms with Crippen molar-refractivity contribution >= 4 is 5.97 Å². The first-order valence-corrected chi connectivity index (χ1v) is 7.77. The number of aromatic nitrogens is 2. The number of fused-ring (bicyclic) bond motifs is 1. The summed E-state index contributed by atoms with van der Waals surface area (Å²) in [5.74, 6) is 1.00. The maximum atomic E-state index is 11.0. The van der Waals surface area contributed by atoms with Crippen molar-refractivity contribution in [3.8, 4) is 34.1 Å². The van der Waals surface area contributed by atoms with Crippen molar-refractivity contribution in [1.82, 2.24) is 9.97 Å². The first-order chi connectivity index (χ1) is 12.2. The highest BCUT2D eigenvalue weighted by Crippen LogP contribution is 2.34. The monoisotopic (exact) mass is 334 g/mol. The molecule has 4 rings (SSSR count). The number of hydrogen-bond acceptors (Lipinski definition) is 5. The number of ether oxygens (including phenoxy) is 2. The van der Waals surface area contributed by atoms with E-state index in [1.165, 1.54) is 12.1 Å². The molecule has 6 nitrogen and oxygen atoms in total. The Morgan fingerprint density at radius 2 is 1.64 bits per heavy atom. The van der Waals surface area contributed by atoms with E-state index in [2.05, 4.69) is 9.97 Å². The van der Waals surface area contributed by atoms with Crippen LogP contribution in [0.2, 0.25) is 0 Å². The van der Waals surface area contributed by atoms with Gasteiger partial charge in [0, 0.05) is 17.3 Å². The number of hydrogen-bond donors (Lipinski definition) is 1. The van der Waals surface area contributed by atoms with Gasteiger partial charge >= 0.3 is 5.97 Å². The average molecular weight is 334 g/mol. The summed E-state index contributed by atoms with van der Waals surface area (Å²) in [6.07, 6.45) is 1.68. The molecule has 0 unspecified atom stereocenters. The van der Waals surface area contributed by atoms with Gasteiger partial charge in [-0.05, 0) is 36.4 Å². The van der Waals surface area contributed by atoms with Crippen molar-refractivity contribution in [1.29, 1.82) is 0 Å². The molecule has 0 atom stereocenters. The lowest BCUT2D eigenvalue weighted by Crippen LogP contribution is -2.15. The number of carbonyl (C=O) groups is 1. The summed E-state index contributed by atoms with van der Waals surface area (Å²) in [7, 11) is 0. The van der Waals surface area contributed by atoms with Crippen molar-refractivity contribution in [2.75, 3.05) is 13.2 Å². The highest BCUT2D eigenvalue weighted by molar-refractivity contribution is 5.88. The zero-order valence-corrected chi connectivity index (χ0v) is 13.2. The van der Waals surface area contributed by atoms with Gasteiger partial charge in [0.05, 0.1) is 11.3 Å². The maximum Gasteiger partial charge on any atom is 0.335 e. The van der Waals surface area contributed by atoms with E-state index >= 15 is 0 Å². The van der Waals surface area contributed by atoms with Crippen LogP contribution >= 0.6 is 0 Å². The zero-order valence-electron chi connectivity index (χ0n) is 13.2. The average Bonchev–Trinajstić information content (AvgIpc) is 2.68. The van der Waals surface area contributed by atoms with E-state index in [1.807, 2.05) is 24.3 Å². The van der Waals surface area contributed by atoms with Crippen LogP contribution in [0.25, 0.3) is 22.6 Å². The van der Waals surface area contributed by atoms with E-state index in [0.717, 1.165) is 22.6 Å². The van der Waals surface area contributed by atoms with Gasteiger partial charge in [-0.15, -0.1) is 0 Å². The standard InChI is InChI=1S/C19H14N2O4/c22-19(23)13-3-1-12(2-4-13)18-20-8-7-15(21-18)14-5-6-16-17(11-14)25-10-9-24-16/h1-8,11H,9-10H2,(H,22,23). The van der Waals surface area contributed by atoms with Crippen LogP contribution in [0, 0.1) is 0 Å². The predicted molar refractivity (Wildman–Crippen MR) is 90.9 cm³/mol. The molecule has 0 bridgehead atoms. The molecule has 0 saturated heterocycles. The molecule has 124 valence electrons. The molecule has 0 amide bonds. The minimum Gasteiger partial charge on any atom is -0.486 e. The number of benzene rings is 2. The number of aromatic carboxylic acids is 1. The van der Waals surface area contributed by atoms with Gasteiger partial charge in [0.15, 0.2) is 17.3 Å². The van der Waals surface area contributed by atoms with E-state index in [0.29, 0.717) is 24.8 Å². The molecule has 1 aromatic heterocycles. The molecular weight excluding hydrogens is 320 g/mol. The normalized spacial score (nSPS) is 12.6. The van der Waals surface area contributed by atoms with Crippen LogP contribution in [0.15, 0.2) is 54.7 Å². The Hall–Kier alpha value is -3.41. The molecule has 1 aliphatic rings. The van der Waals surface area contributed by atoms with Crippen LogP contribution in [0.1, 0.15) is 10.4 Å². The second-order valence-electron chi connectivity index (χ2n) is 5.51. The topological polar surface area (TPSA) is 81.5 Å². The van der Waals surface area contributed by atoms with Crippen molar-refractivity contribution in [2.45, 2.75) is 0 Å². The summed E-state index contributed by atoms with van der Waals surface area (Å²) in [4.78, 5) is 19.8. The minimum atomic E-state index is -0.961. The molecule has 1 N–H and O–H groups in total. The van der Waals surface area contributed by atoms with Crippen LogP contribution in [0.4, 0.5) is 0 Å². The Morgan fingerprint density at radius 3 is 2.40 bits per heavy atom. The van der Waals surface area contributed by atoms with Gasteiger partial charge in [-0.2, -0.15) is 0 Å². The minimum absolute atomic E-state index is 0.228. The van der Waals surface area contributed by atoms with Gasteiger partial charge in [0.1, 0.15) is 13.2 Å². The number of carboxylic acid groups (broad SMARTS) is 1. The van der Waals surface area contributed by atoms with Gasteiger partial charge in [-0.25, -0.2) is 14.8 Å². The smallest absolute Gasteiger partial charge is 0.335 e. The lowest BCUT2D eigenvalue weighted by molar-refractivity contribution is 0.0697. The SMILES string of the molecule is O=C(O)c1ccc(-c2nccc(-c3ccc4c(c3)OCCO4)n2)cc1. The van der Waals surface area contributed by atoms with Gasteiger partial charge in [-0.3, -0.25) is 0 Å². The molecule has 0 spiro atoms. The lowest BCUT2D eigenvalue weighted by atomic mass is 10.1. The third-order valence-corrected chi connectivity index (χ3v) is 3.88. The Balaban J connectivity index is 1.68. The molecule has 3 aromatic rings. The summed E-state index contributed by atoms with van der Waals surface area (Å²) in [6, 6.07) is 14.0. The van der Waals surface area contributed by atoms with Crippen LogP contribution in [-0.2, 0) is 0 Å². The first-order valence-electron chi connectivity index (χ1n) is 7.77. The number of carboxylic acids is 1. The fourth-order valence-corrected chi connectivity index (χ4v) is 2.62. The summed E-state index contributed by atoms with van der Waals surface area (Å²) >= 11 is 0. The Kier molecular flexibility index (Phi) is 3.78. The third kappa shape index (κ3) is 3.01. The molecule has 25 heavy (non-hydrogen) atoms. The van der Waals surface area contributed by atoms with E-state index in [9.17, 15) is 4.79 Å². The third-order valence-electron chi connectivity index (χ3n) is 3.88. The molecule has 0 fully saturated rings. The predicted octanol–water partition coefficient (Wildman–Crippen LogP) is 3.28. The second kappa shape index (κ2) is 6.24. The Morgan fingerprint density at radius 1 is 0.920 bits per heavy atom. The Bertz CT molecular complexity index is 938. The van der Waals surface area contributed by atoms with Crippen LogP contribution < -0.4 is 9.47 Å². The number of rotatable bonds is 3.